The smallest absolute Gasteiger partial charge is 0.255 e. The Morgan fingerprint density at radius 2 is 1.79 bits per heavy atom. The lowest BCUT2D eigenvalue weighted by Gasteiger charge is -2.26. The van der Waals surface area contributed by atoms with Crippen LogP contribution in [-0.4, -0.2) is 54.5 Å². The van der Waals surface area contributed by atoms with Crippen LogP contribution in [0, 0.1) is 11.6 Å². The fourth-order valence-electron chi connectivity index (χ4n) is 3.67. The lowest BCUT2D eigenvalue weighted by molar-refractivity contribution is 0.105. The van der Waals surface area contributed by atoms with Gasteiger partial charge in [-0.3, -0.25) is 14.3 Å². The predicted molar refractivity (Wildman–Crippen MR) is 129 cm³/mol. The number of aromatic nitrogens is 1. The summed E-state index contributed by atoms with van der Waals surface area (Å²) in [4.78, 5) is 20.4. The molecule has 1 fully saturated rings. The van der Waals surface area contributed by atoms with Crippen LogP contribution in [0.5, 0.6) is 0 Å². The number of halogens is 4. The number of para-hydroxylation sites is 1. The van der Waals surface area contributed by atoms with Gasteiger partial charge in [0.05, 0.1) is 15.7 Å². The van der Waals surface area contributed by atoms with Crippen LogP contribution in [0.15, 0.2) is 64.7 Å². The molecule has 34 heavy (non-hydrogen) atoms. The zero-order valence-electron chi connectivity index (χ0n) is 18.1. The Bertz CT molecular complexity index is 1240. The van der Waals surface area contributed by atoms with Crippen molar-refractivity contribution in [1.29, 1.82) is 0 Å². The summed E-state index contributed by atoms with van der Waals surface area (Å²) in [5, 5.41) is 8.00. The maximum atomic E-state index is 14.7. The first kappa shape index (κ1) is 24.3. The van der Waals surface area contributed by atoms with E-state index in [1.54, 1.807) is 18.2 Å². The van der Waals surface area contributed by atoms with E-state index >= 15 is 0 Å². The van der Waals surface area contributed by atoms with Crippen LogP contribution in [0.4, 0.5) is 8.78 Å². The average Bonchev–Trinajstić information content (AvgIpc) is 2.82. The van der Waals surface area contributed by atoms with Crippen LogP contribution >= 0.6 is 23.2 Å². The van der Waals surface area contributed by atoms with Crippen LogP contribution in [0.1, 0.15) is 11.1 Å². The van der Waals surface area contributed by atoms with Crippen molar-refractivity contribution in [2.45, 2.75) is 0 Å². The van der Waals surface area contributed by atoms with E-state index in [1.165, 1.54) is 29.0 Å². The number of rotatable bonds is 7. The second kappa shape index (κ2) is 11.1. The van der Waals surface area contributed by atoms with Gasteiger partial charge in [0.25, 0.3) is 5.56 Å². The van der Waals surface area contributed by atoms with Gasteiger partial charge < -0.3 is 10.2 Å². The Morgan fingerprint density at radius 1 is 1.06 bits per heavy atom. The number of nitrogens with zero attached hydrogens (tertiary/aromatic N) is 3. The van der Waals surface area contributed by atoms with Crippen LogP contribution in [0.3, 0.4) is 0 Å². The Hall–Kier alpha value is -2.78. The summed E-state index contributed by atoms with van der Waals surface area (Å²) in [5.41, 5.74) is 0.394. The summed E-state index contributed by atoms with van der Waals surface area (Å²) in [5.74, 6) is -1.52. The van der Waals surface area contributed by atoms with Gasteiger partial charge in [0.1, 0.15) is 24.0 Å². The Labute approximate surface area is 205 Å². The Kier molecular flexibility index (Phi) is 7.95. The predicted octanol–water partition coefficient (Wildman–Crippen LogP) is 4.10. The maximum absolute atomic E-state index is 14.7. The molecule has 2 heterocycles. The van der Waals surface area contributed by atoms with E-state index in [0.717, 1.165) is 38.3 Å². The van der Waals surface area contributed by atoms with Crippen LogP contribution in [0.25, 0.3) is 5.69 Å². The molecule has 1 aliphatic heterocycles. The molecule has 0 radical (unpaired) electrons. The molecule has 0 saturated carbocycles. The molecule has 0 unspecified atom stereocenters. The Balaban J connectivity index is 1.70. The fourth-order valence-corrected chi connectivity index (χ4v) is 4.25. The van der Waals surface area contributed by atoms with Crippen molar-refractivity contribution in [3.05, 3.63) is 97.9 Å². The molecule has 4 rings (SSSR count). The third kappa shape index (κ3) is 5.64. The molecule has 1 saturated heterocycles. The monoisotopic (exact) mass is 506 g/mol. The van der Waals surface area contributed by atoms with E-state index in [-0.39, 0.29) is 33.6 Å². The summed E-state index contributed by atoms with van der Waals surface area (Å²) in [6.07, 6.45) is 1.46. The van der Waals surface area contributed by atoms with Crippen LogP contribution < -0.4 is 10.9 Å². The molecule has 0 spiro atoms. The number of piperazine rings is 1. The first-order valence-electron chi connectivity index (χ1n) is 10.7. The SMILES string of the molecule is O=c1ccc(C(=NOCCN2CCNCC2)c2ccc(F)cc2F)cn1-c1c(Cl)cccc1Cl. The van der Waals surface area contributed by atoms with Crippen molar-refractivity contribution >= 4 is 28.9 Å². The van der Waals surface area contributed by atoms with E-state index in [1.807, 2.05) is 0 Å². The first-order valence-corrected chi connectivity index (χ1v) is 11.5. The van der Waals surface area contributed by atoms with Gasteiger partial charge in [-0.2, -0.15) is 0 Å². The zero-order chi connectivity index (χ0) is 24.1. The molecule has 178 valence electrons. The van der Waals surface area contributed by atoms with Crippen LogP contribution in [0.2, 0.25) is 10.0 Å². The van der Waals surface area contributed by atoms with Crippen molar-refractivity contribution in [1.82, 2.24) is 14.8 Å². The van der Waals surface area contributed by atoms with Crippen molar-refractivity contribution in [3.63, 3.8) is 0 Å². The molecule has 1 aromatic heterocycles. The van der Waals surface area contributed by atoms with Gasteiger partial charge in [0.2, 0.25) is 0 Å². The summed E-state index contributed by atoms with van der Waals surface area (Å²) in [6.45, 7) is 4.54. The fraction of sp³-hybridized carbons (Fsp3) is 0.250. The molecule has 6 nitrogen and oxygen atoms in total. The van der Waals surface area contributed by atoms with Gasteiger partial charge in [-0.05, 0) is 30.3 Å². The first-order chi connectivity index (χ1) is 16.4. The molecule has 3 aromatic rings. The summed E-state index contributed by atoms with van der Waals surface area (Å²) in [7, 11) is 0. The van der Waals surface area contributed by atoms with Crippen molar-refractivity contribution in [2.24, 2.45) is 5.16 Å². The number of hydrogen-bond acceptors (Lipinski definition) is 5. The second-order valence-corrected chi connectivity index (χ2v) is 8.50. The number of benzene rings is 2. The normalized spacial score (nSPS) is 14.9. The average molecular weight is 507 g/mol. The lowest BCUT2D eigenvalue weighted by Crippen LogP contribution is -2.44. The standard InChI is InChI=1S/C24H22Cl2F2N4O2/c25-19-2-1-3-20(26)24(19)32-15-16(4-7-22(32)33)23(18-6-5-17(27)14-21(18)28)30-34-13-12-31-10-8-29-9-11-31/h1-7,14-15,29H,8-13H2. The second-order valence-electron chi connectivity index (χ2n) is 7.69. The third-order valence-corrected chi connectivity index (χ3v) is 6.02. The van der Waals surface area contributed by atoms with E-state index in [4.69, 9.17) is 28.0 Å². The molecule has 1 N–H and O–H groups in total. The van der Waals surface area contributed by atoms with Crippen LogP contribution in [-0.2, 0) is 4.84 Å². The molecule has 1 aliphatic rings. The largest absolute Gasteiger partial charge is 0.394 e. The van der Waals surface area contributed by atoms with Gasteiger partial charge in [-0.25, -0.2) is 8.78 Å². The van der Waals surface area contributed by atoms with Gasteiger partial charge in [-0.1, -0.05) is 34.4 Å². The Morgan fingerprint density at radius 3 is 2.50 bits per heavy atom. The highest BCUT2D eigenvalue weighted by Gasteiger charge is 2.18. The van der Waals surface area contributed by atoms with E-state index in [9.17, 15) is 13.6 Å². The number of pyridine rings is 1. The number of hydrogen-bond donors (Lipinski definition) is 1. The summed E-state index contributed by atoms with van der Waals surface area (Å²) < 4.78 is 29.5. The molecule has 2 aromatic carbocycles. The highest BCUT2D eigenvalue weighted by Crippen LogP contribution is 2.27. The van der Waals surface area contributed by atoms with E-state index in [0.29, 0.717) is 12.1 Å². The summed E-state index contributed by atoms with van der Waals surface area (Å²) >= 11 is 12.6. The highest BCUT2D eigenvalue weighted by atomic mass is 35.5. The molecule has 0 aliphatic carbocycles. The van der Waals surface area contributed by atoms with Gasteiger partial charge >= 0.3 is 0 Å². The summed E-state index contributed by atoms with van der Waals surface area (Å²) in [6, 6.07) is 10.8. The topological polar surface area (TPSA) is 58.9 Å². The molecule has 0 amide bonds. The van der Waals surface area contributed by atoms with Crippen molar-refractivity contribution < 1.29 is 13.6 Å². The minimum Gasteiger partial charge on any atom is -0.394 e. The molecular formula is C24H22Cl2F2N4O2. The maximum Gasteiger partial charge on any atom is 0.255 e. The molecule has 0 bridgehead atoms. The zero-order valence-corrected chi connectivity index (χ0v) is 19.6. The minimum atomic E-state index is -0.807. The molecule has 0 atom stereocenters. The lowest BCUT2D eigenvalue weighted by atomic mass is 10.0. The van der Waals surface area contributed by atoms with Gasteiger partial charge in [-0.15, -0.1) is 0 Å². The molecular weight excluding hydrogens is 485 g/mol. The van der Waals surface area contributed by atoms with Gasteiger partial charge in [0, 0.05) is 62.2 Å². The quantitative estimate of drug-likeness (QED) is 0.297. The highest BCUT2D eigenvalue weighted by molar-refractivity contribution is 6.37. The number of nitrogens with one attached hydrogen (secondary N) is 1. The number of oxime groups is 1. The van der Waals surface area contributed by atoms with E-state index in [2.05, 4.69) is 15.4 Å². The molecule has 10 heteroatoms. The minimum absolute atomic E-state index is 0.0269. The third-order valence-electron chi connectivity index (χ3n) is 5.41. The van der Waals surface area contributed by atoms with Gasteiger partial charge in [0.15, 0.2) is 0 Å². The van der Waals surface area contributed by atoms with Crippen molar-refractivity contribution in [3.8, 4) is 5.69 Å². The van der Waals surface area contributed by atoms with E-state index < -0.39 is 17.2 Å². The van der Waals surface area contributed by atoms with Crippen molar-refractivity contribution in [2.75, 3.05) is 39.3 Å².